The summed E-state index contributed by atoms with van der Waals surface area (Å²) in [6.07, 6.45) is 0.759. The summed E-state index contributed by atoms with van der Waals surface area (Å²) < 4.78 is 24.4. The number of rotatable bonds is 6. The van der Waals surface area contributed by atoms with E-state index >= 15 is 0 Å². The first-order chi connectivity index (χ1) is 6.37. The van der Waals surface area contributed by atoms with E-state index in [-0.39, 0.29) is 12.6 Å². The normalized spacial score (nSPS) is 13.9. The van der Waals surface area contributed by atoms with Gasteiger partial charge in [0, 0.05) is 12.6 Å². The summed E-state index contributed by atoms with van der Waals surface area (Å²) in [5, 5.41) is 8.21. The Balaban J connectivity index is 3.89. The molecule has 0 saturated heterocycles. The third-order valence-electron chi connectivity index (χ3n) is 1.59. The van der Waals surface area contributed by atoms with E-state index in [4.69, 9.17) is 11.0 Å². The third-order valence-corrected chi connectivity index (χ3v) is 2.71. The molecule has 1 unspecified atom stereocenters. The molecule has 0 saturated carbocycles. The lowest BCUT2D eigenvalue weighted by atomic mass is 10.1. The molecule has 0 rings (SSSR count). The van der Waals surface area contributed by atoms with E-state index in [0.29, 0.717) is 5.92 Å². The Bertz CT molecular complexity index is 292. The van der Waals surface area contributed by atoms with Crippen molar-refractivity contribution in [3.63, 3.8) is 0 Å². The Morgan fingerprint density at radius 1 is 1.50 bits per heavy atom. The molecular formula is C8H17N3O2S. The van der Waals surface area contributed by atoms with Crippen molar-refractivity contribution in [3.8, 4) is 6.07 Å². The fraction of sp³-hybridized carbons (Fsp3) is 0.875. The average Bonchev–Trinajstić information content (AvgIpc) is 2.00. The zero-order valence-corrected chi connectivity index (χ0v) is 9.34. The summed E-state index contributed by atoms with van der Waals surface area (Å²) in [6, 6.07) is 1.39. The predicted molar refractivity (Wildman–Crippen MR) is 54.8 cm³/mol. The first kappa shape index (κ1) is 13.4. The second-order valence-corrected chi connectivity index (χ2v) is 5.46. The van der Waals surface area contributed by atoms with Gasteiger partial charge in [-0.25, -0.2) is 13.1 Å². The SMILES string of the molecule is CC(C)CC(N)CNS(=O)(=O)CC#N. The molecule has 0 spiro atoms. The van der Waals surface area contributed by atoms with E-state index in [9.17, 15) is 8.42 Å². The second-order valence-electron chi connectivity index (χ2n) is 3.66. The van der Waals surface area contributed by atoms with Crippen molar-refractivity contribution in [1.29, 1.82) is 5.26 Å². The molecule has 82 valence electrons. The van der Waals surface area contributed by atoms with Gasteiger partial charge in [-0.1, -0.05) is 13.8 Å². The number of nitriles is 1. The summed E-state index contributed by atoms with van der Waals surface area (Å²) in [4.78, 5) is 0. The molecule has 0 heterocycles. The minimum absolute atomic E-state index is 0.191. The first-order valence-corrected chi connectivity index (χ1v) is 6.12. The molecule has 6 heteroatoms. The number of hydrogen-bond acceptors (Lipinski definition) is 4. The maximum absolute atomic E-state index is 11.0. The van der Waals surface area contributed by atoms with Crippen LogP contribution < -0.4 is 10.5 Å². The number of sulfonamides is 1. The highest BCUT2D eigenvalue weighted by molar-refractivity contribution is 7.89. The smallest absolute Gasteiger partial charge is 0.225 e. The van der Waals surface area contributed by atoms with Crippen LogP contribution in [0.15, 0.2) is 0 Å². The van der Waals surface area contributed by atoms with Gasteiger partial charge in [0.2, 0.25) is 10.0 Å². The Morgan fingerprint density at radius 2 is 2.07 bits per heavy atom. The van der Waals surface area contributed by atoms with Gasteiger partial charge in [-0.3, -0.25) is 0 Å². The molecule has 0 aliphatic rings. The standard InChI is InChI=1S/C8H17N3O2S/c1-7(2)5-8(10)6-11-14(12,13)4-3-9/h7-8,11H,4-6,10H2,1-2H3. The highest BCUT2D eigenvalue weighted by Crippen LogP contribution is 2.01. The lowest BCUT2D eigenvalue weighted by molar-refractivity contribution is 0.486. The number of nitrogens with two attached hydrogens (primary N) is 1. The van der Waals surface area contributed by atoms with Gasteiger partial charge < -0.3 is 5.73 Å². The predicted octanol–water partition coefficient (Wildman–Crippen LogP) is -0.197. The van der Waals surface area contributed by atoms with Crippen LogP contribution >= 0.6 is 0 Å². The minimum Gasteiger partial charge on any atom is -0.327 e. The molecule has 14 heavy (non-hydrogen) atoms. The number of nitrogens with zero attached hydrogens (tertiary/aromatic N) is 1. The van der Waals surface area contributed by atoms with E-state index in [1.165, 1.54) is 0 Å². The quantitative estimate of drug-likeness (QED) is 0.646. The van der Waals surface area contributed by atoms with Gasteiger partial charge in [0.05, 0.1) is 6.07 Å². The highest BCUT2D eigenvalue weighted by Gasteiger charge is 2.12. The Hall–Kier alpha value is -0.640. The first-order valence-electron chi connectivity index (χ1n) is 4.47. The zero-order chi connectivity index (χ0) is 11.2. The molecule has 3 N–H and O–H groups in total. The van der Waals surface area contributed by atoms with Gasteiger partial charge in [-0.05, 0) is 12.3 Å². The van der Waals surface area contributed by atoms with Crippen LogP contribution in [-0.4, -0.2) is 26.8 Å². The fourth-order valence-corrected chi connectivity index (χ4v) is 1.80. The van der Waals surface area contributed by atoms with E-state index < -0.39 is 15.8 Å². The molecule has 0 bridgehead atoms. The fourth-order valence-electron chi connectivity index (χ4n) is 1.06. The van der Waals surface area contributed by atoms with E-state index in [1.807, 2.05) is 13.8 Å². The molecule has 5 nitrogen and oxygen atoms in total. The molecular weight excluding hydrogens is 202 g/mol. The lowest BCUT2D eigenvalue weighted by Crippen LogP contribution is -2.38. The molecule has 1 atom stereocenters. The Labute approximate surface area is 85.3 Å². The van der Waals surface area contributed by atoms with Crippen molar-refractivity contribution < 1.29 is 8.42 Å². The molecule has 0 amide bonds. The van der Waals surface area contributed by atoms with E-state index in [0.717, 1.165) is 6.42 Å². The molecule has 0 aromatic rings. The van der Waals surface area contributed by atoms with Crippen LogP contribution in [0.5, 0.6) is 0 Å². The van der Waals surface area contributed by atoms with Crippen LogP contribution in [-0.2, 0) is 10.0 Å². The largest absolute Gasteiger partial charge is 0.327 e. The van der Waals surface area contributed by atoms with Crippen LogP contribution in [0.3, 0.4) is 0 Å². The molecule has 0 aromatic carbocycles. The lowest BCUT2D eigenvalue weighted by Gasteiger charge is -2.13. The van der Waals surface area contributed by atoms with Crippen LogP contribution in [0, 0.1) is 17.2 Å². The van der Waals surface area contributed by atoms with Crippen molar-refractivity contribution in [2.45, 2.75) is 26.3 Å². The van der Waals surface area contributed by atoms with Gasteiger partial charge >= 0.3 is 0 Å². The van der Waals surface area contributed by atoms with Crippen molar-refractivity contribution in [1.82, 2.24) is 4.72 Å². The molecule has 0 aliphatic heterocycles. The Kier molecular flexibility index (Phi) is 5.69. The molecule has 0 aromatic heterocycles. The summed E-state index contributed by atoms with van der Waals surface area (Å²) in [6.45, 7) is 4.23. The van der Waals surface area contributed by atoms with Gasteiger partial charge in [0.1, 0.15) is 0 Å². The van der Waals surface area contributed by atoms with E-state index in [1.54, 1.807) is 6.07 Å². The number of nitrogens with one attached hydrogen (secondary N) is 1. The second kappa shape index (κ2) is 5.96. The van der Waals surface area contributed by atoms with Crippen molar-refractivity contribution >= 4 is 10.0 Å². The van der Waals surface area contributed by atoms with Crippen molar-refractivity contribution in [2.75, 3.05) is 12.3 Å². The van der Waals surface area contributed by atoms with Crippen molar-refractivity contribution in [3.05, 3.63) is 0 Å². The third kappa shape index (κ3) is 6.83. The van der Waals surface area contributed by atoms with Crippen LogP contribution in [0.1, 0.15) is 20.3 Å². The summed E-state index contributed by atoms with van der Waals surface area (Å²) >= 11 is 0. The Morgan fingerprint density at radius 3 is 2.50 bits per heavy atom. The topological polar surface area (TPSA) is 96.0 Å². The van der Waals surface area contributed by atoms with Gasteiger partial charge in [0.25, 0.3) is 0 Å². The molecule has 0 fully saturated rings. The molecule has 0 radical (unpaired) electrons. The van der Waals surface area contributed by atoms with Crippen LogP contribution in [0.4, 0.5) is 0 Å². The monoisotopic (exact) mass is 219 g/mol. The summed E-state index contributed by atoms with van der Waals surface area (Å²) in [5.74, 6) is -0.0769. The zero-order valence-electron chi connectivity index (χ0n) is 8.53. The maximum atomic E-state index is 11.0. The van der Waals surface area contributed by atoms with E-state index in [2.05, 4.69) is 4.72 Å². The molecule has 0 aliphatic carbocycles. The number of hydrogen-bond donors (Lipinski definition) is 2. The van der Waals surface area contributed by atoms with Gasteiger partial charge in [-0.15, -0.1) is 0 Å². The highest BCUT2D eigenvalue weighted by atomic mass is 32.2. The summed E-state index contributed by atoms with van der Waals surface area (Å²) in [7, 11) is -3.45. The minimum atomic E-state index is -3.45. The van der Waals surface area contributed by atoms with Crippen molar-refractivity contribution in [2.24, 2.45) is 11.7 Å². The van der Waals surface area contributed by atoms with Crippen LogP contribution in [0.25, 0.3) is 0 Å². The van der Waals surface area contributed by atoms with Gasteiger partial charge in [-0.2, -0.15) is 5.26 Å². The summed E-state index contributed by atoms with van der Waals surface area (Å²) in [5.41, 5.74) is 5.67. The maximum Gasteiger partial charge on any atom is 0.225 e. The van der Waals surface area contributed by atoms with Gasteiger partial charge in [0.15, 0.2) is 5.75 Å². The average molecular weight is 219 g/mol. The van der Waals surface area contributed by atoms with Crippen LogP contribution in [0.2, 0.25) is 0 Å².